The van der Waals surface area contributed by atoms with Crippen LogP contribution in [0.3, 0.4) is 0 Å². The van der Waals surface area contributed by atoms with Gasteiger partial charge in [-0.15, -0.1) is 22.0 Å². The zero-order valence-electron chi connectivity index (χ0n) is 17.2. The molecule has 0 radical (unpaired) electrons. The summed E-state index contributed by atoms with van der Waals surface area (Å²) in [7, 11) is 1.91. The fourth-order valence-corrected chi connectivity index (χ4v) is 5.88. The van der Waals surface area contributed by atoms with Gasteiger partial charge in [-0.1, -0.05) is 57.0 Å². The highest BCUT2D eigenvalue weighted by atomic mass is 79.9. The first-order valence-corrected chi connectivity index (χ1v) is 13.0. The first kappa shape index (κ1) is 24.5. The van der Waals surface area contributed by atoms with E-state index in [0.717, 1.165) is 38.4 Å². The molecular formula is C21H21BrCl2N4OS2. The normalized spacial score (nSPS) is 11.0. The Morgan fingerprint density at radius 2 is 1.84 bits per heavy atom. The van der Waals surface area contributed by atoms with Crippen molar-refractivity contribution in [3.05, 3.63) is 67.4 Å². The minimum atomic E-state index is -0.0742. The topological polar surface area (TPSA) is 59.8 Å². The number of hydrogen-bond donors (Lipinski definition) is 1. The van der Waals surface area contributed by atoms with E-state index in [1.807, 2.05) is 49.7 Å². The van der Waals surface area contributed by atoms with Gasteiger partial charge in [0.15, 0.2) is 5.16 Å². The summed E-state index contributed by atoms with van der Waals surface area (Å²) >= 11 is 18.7. The van der Waals surface area contributed by atoms with Crippen LogP contribution in [0.2, 0.25) is 10.0 Å². The number of nitrogens with zero attached hydrogens (tertiary/aromatic N) is 3. The third kappa shape index (κ3) is 6.65. The molecule has 164 valence electrons. The zero-order valence-corrected chi connectivity index (χ0v) is 21.9. The Bertz CT molecular complexity index is 1080. The highest BCUT2D eigenvalue weighted by Gasteiger charge is 2.14. The lowest BCUT2D eigenvalue weighted by Crippen LogP contribution is -2.16. The number of halogens is 3. The standard InChI is InChI=1S/C21H21BrCl2N4OS2/c1-12-6-15(22)7-13(2)20(12)25-19(29)11-31-21-27-26-18(28(21)3)10-30-9-14-4-5-16(23)8-17(14)24/h4-8H,9-11H2,1-3H3,(H,25,29). The molecule has 0 aliphatic carbocycles. The Labute approximate surface area is 208 Å². The summed E-state index contributed by atoms with van der Waals surface area (Å²) in [5.74, 6) is 2.47. The smallest absolute Gasteiger partial charge is 0.234 e. The van der Waals surface area contributed by atoms with Gasteiger partial charge in [-0.05, 0) is 54.8 Å². The molecule has 5 nitrogen and oxygen atoms in total. The predicted molar refractivity (Wildman–Crippen MR) is 135 cm³/mol. The molecule has 0 fully saturated rings. The third-order valence-electron chi connectivity index (χ3n) is 4.52. The molecule has 1 N–H and O–H groups in total. The molecule has 0 saturated carbocycles. The summed E-state index contributed by atoms with van der Waals surface area (Å²) in [6, 6.07) is 9.49. The van der Waals surface area contributed by atoms with Crippen LogP contribution in [-0.4, -0.2) is 26.4 Å². The maximum Gasteiger partial charge on any atom is 0.234 e. The van der Waals surface area contributed by atoms with Crippen molar-refractivity contribution in [2.24, 2.45) is 7.05 Å². The quantitative estimate of drug-likeness (QED) is 0.312. The number of hydrogen-bond acceptors (Lipinski definition) is 5. The summed E-state index contributed by atoms with van der Waals surface area (Å²) in [4.78, 5) is 12.5. The van der Waals surface area contributed by atoms with Crippen molar-refractivity contribution in [2.75, 3.05) is 11.1 Å². The lowest BCUT2D eigenvalue weighted by molar-refractivity contribution is -0.113. The van der Waals surface area contributed by atoms with Crippen molar-refractivity contribution in [3.8, 4) is 0 Å². The Kier molecular flexibility index (Phi) is 8.75. The highest BCUT2D eigenvalue weighted by Crippen LogP contribution is 2.28. The summed E-state index contributed by atoms with van der Waals surface area (Å²) in [6.45, 7) is 3.95. The molecule has 0 bridgehead atoms. The number of amides is 1. The van der Waals surface area contributed by atoms with Crippen LogP contribution < -0.4 is 5.32 Å². The van der Waals surface area contributed by atoms with E-state index in [0.29, 0.717) is 21.0 Å². The number of thioether (sulfide) groups is 2. The van der Waals surface area contributed by atoms with Gasteiger partial charge < -0.3 is 9.88 Å². The van der Waals surface area contributed by atoms with Crippen LogP contribution in [0.25, 0.3) is 0 Å². The van der Waals surface area contributed by atoms with Crippen LogP contribution in [0.5, 0.6) is 0 Å². The molecule has 1 amide bonds. The summed E-state index contributed by atoms with van der Waals surface area (Å²) in [5, 5.41) is 13.5. The fraction of sp³-hybridized carbons (Fsp3) is 0.286. The summed E-state index contributed by atoms with van der Waals surface area (Å²) in [5.41, 5.74) is 3.92. The molecule has 2 aromatic carbocycles. The van der Waals surface area contributed by atoms with Gasteiger partial charge in [0.05, 0.1) is 11.5 Å². The van der Waals surface area contributed by atoms with E-state index in [2.05, 4.69) is 31.4 Å². The average Bonchev–Trinajstić information content (AvgIpc) is 3.04. The molecule has 1 heterocycles. The van der Waals surface area contributed by atoms with Crippen LogP contribution in [-0.2, 0) is 23.3 Å². The molecule has 10 heteroatoms. The number of rotatable bonds is 8. The van der Waals surface area contributed by atoms with Crippen LogP contribution in [0.15, 0.2) is 40.0 Å². The van der Waals surface area contributed by atoms with Crippen LogP contribution in [0, 0.1) is 13.8 Å². The lowest BCUT2D eigenvalue weighted by Gasteiger charge is -2.12. The molecule has 31 heavy (non-hydrogen) atoms. The first-order valence-electron chi connectivity index (χ1n) is 9.34. The van der Waals surface area contributed by atoms with Gasteiger partial charge in [0, 0.05) is 33.0 Å². The Hall–Kier alpha value is -1.19. The van der Waals surface area contributed by atoms with Gasteiger partial charge in [0.1, 0.15) is 5.82 Å². The third-order valence-corrected chi connectivity index (χ3v) is 7.57. The van der Waals surface area contributed by atoms with Crippen molar-refractivity contribution in [3.63, 3.8) is 0 Å². The van der Waals surface area contributed by atoms with E-state index >= 15 is 0 Å². The van der Waals surface area contributed by atoms with E-state index in [9.17, 15) is 4.79 Å². The van der Waals surface area contributed by atoms with E-state index in [4.69, 9.17) is 23.2 Å². The molecule has 3 rings (SSSR count). The first-order chi connectivity index (χ1) is 14.7. The van der Waals surface area contributed by atoms with E-state index < -0.39 is 0 Å². The molecule has 0 unspecified atom stereocenters. The van der Waals surface area contributed by atoms with Gasteiger partial charge in [-0.25, -0.2) is 0 Å². The second-order valence-corrected chi connectivity index (χ2v) is 10.6. The van der Waals surface area contributed by atoms with Gasteiger partial charge in [-0.2, -0.15) is 0 Å². The molecule has 0 spiro atoms. The van der Waals surface area contributed by atoms with Crippen molar-refractivity contribution < 1.29 is 4.79 Å². The van der Waals surface area contributed by atoms with Crippen LogP contribution >= 0.6 is 62.7 Å². The number of carbonyl (C=O) groups is 1. The molecule has 1 aromatic heterocycles. The number of benzene rings is 2. The van der Waals surface area contributed by atoms with Gasteiger partial charge in [-0.3, -0.25) is 4.79 Å². The molecular weight excluding hydrogens is 539 g/mol. The van der Waals surface area contributed by atoms with E-state index in [1.165, 1.54) is 11.8 Å². The lowest BCUT2D eigenvalue weighted by atomic mass is 10.1. The van der Waals surface area contributed by atoms with Crippen molar-refractivity contribution in [1.29, 1.82) is 0 Å². The maximum atomic E-state index is 12.5. The number of anilines is 1. The van der Waals surface area contributed by atoms with Crippen LogP contribution in [0.1, 0.15) is 22.5 Å². The number of aromatic nitrogens is 3. The second-order valence-electron chi connectivity index (χ2n) is 6.94. The monoisotopic (exact) mass is 558 g/mol. The summed E-state index contributed by atoms with van der Waals surface area (Å²) < 4.78 is 2.92. The van der Waals surface area contributed by atoms with Crippen LogP contribution in [0.4, 0.5) is 5.69 Å². The second kappa shape index (κ2) is 11.1. The SMILES string of the molecule is Cc1cc(Br)cc(C)c1NC(=O)CSc1nnc(CSCc2ccc(Cl)cc2Cl)n1C. The predicted octanol–water partition coefficient (Wildman–Crippen LogP) is 6.67. The zero-order chi connectivity index (χ0) is 22.5. The summed E-state index contributed by atoms with van der Waals surface area (Å²) in [6.07, 6.45) is 0. The Balaban J connectivity index is 1.52. The molecule has 3 aromatic rings. The minimum absolute atomic E-state index is 0.0742. The van der Waals surface area contributed by atoms with Gasteiger partial charge >= 0.3 is 0 Å². The largest absolute Gasteiger partial charge is 0.325 e. The Morgan fingerprint density at radius 1 is 1.13 bits per heavy atom. The van der Waals surface area contributed by atoms with Gasteiger partial charge in [0.25, 0.3) is 0 Å². The van der Waals surface area contributed by atoms with E-state index in [1.54, 1.807) is 17.8 Å². The van der Waals surface area contributed by atoms with Crippen molar-refractivity contribution >= 4 is 74.3 Å². The van der Waals surface area contributed by atoms with Crippen molar-refractivity contribution in [2.45, 2.75) is 30.5 Å². The average molecular weight is 560 g/mol. The molecule has 0 saturated heterocycles. The maximum absolute atomic E-state index is 12.5. The number of nitrogens with one attached hydrogen (secondary N) is 1. The molecule has 0 atom stereocenters. The molecule has 0 aliphatic rings. The number of carbonyl (C=O) groups excluding carboxylic acids is 1. The van der Waals surface area contributed by atoms with Crippen molar-refractivity contribution in [1.82, 2.24) is 14.8 Å². The minimum Gasteiger partial charge on any atom is -0.325 e. The fourth-order valence-electron chi connectivity index (χ4n) is 2.90. The van der Waals surface area contributed by atoms with Gasteiger partial charge in [0.2, 0.25) is 5.91 Å². The number of aryl methyl sites for hydroxylation is 2. The molecule has 0 aliphatic heterocycles. The highest BCUT2D eigenvalue weighted by molar-refractivity contribution is 9.10. The Morgan fingerprint density at radius 3 is 2.52 bits per heavy atom. The van der Waals surface area contributed by atoms with E-state index in [-0.39, 0.29) is 11.7 Å².